The molecular weight excluding hydrogens is 319 g/mol. The van der Waals surface area contributed by atoms with E-state index in [2.05, 4.69) is 5.32 Å². The molecule has 0 aliphatic heterocycles. The van der Waals surface area contributed by atoms with Crippen molar-refractivity contribution in [3.8, 4) is 5.75 Å². The summed E-state index contributed by atoms with van der Waals surface area (Å²) in [6.45, 7) is 0. The summed E-state index contributed by atoms with van der Waals surface area (Å²) in [7, 11) is 1.35. The quantitative estimate of drug-likeness (QED) is 0.892. The summed E-state index contributed by atoms with van der Waals surface area (Å²) in [4.78, 5) is 12.2. The van der Waals surface area contributed by atoms with Crippen LogP contribution >= 0.6 is 11.6 Å². The van der Waals surface area contributed by atoms with Crippen LogP contribution in [0.5, 0.6) is 5.75 Å². The number of nitrogens with one attached hydrogen (secondary N) is 1. The Labute approximate surface area is 129 Å². The Hall–Kier alpha value is -2.21. The van der Waals surface area contributed by atoms with Crippen LogP contribution in [0.25, 0.3) is 0 Å². The molecule has 0 saturated carbocycles. The SMILES string of the molecule is COc1ccc(Cl)cc1C(=O)Nc1ccccc1C(F)(F)F. The molecule has 2 rings (SSSR count). The first-order valence-electron chi connectivity index (χ1n) is 6.14. The standard InChI is InChI=1S/C15H11ClF3NO2/c1-22-13-7-6-9(16)8-10(13)14(21)20-12-5-3-2-4-11(12)15(17,18)19/h2-8H,1H3,(H,20,21). The Morgan fingerprint density at radius 3 is 2.50 bits per heavy atom. The van der Waals surface area contributed by atoms with Crippen LogP contribution in [0.2, 0.25) is 5.02 Å². The zero-order valence-electron chi connectivity index (χ0n) is 11.4. The van der Waals surface area contributed by atoms with Gasteiger partial charge >= 0.3 is 6.18 Å². The van der Waals surface area contributed by atoms with Crippen LogP contribution in [0.15, 0.2) is 42.5 Å². The van der Waals surface area contributed by atoms with Gasteiger partial charge in [-0.05, 0) is 30.3 Å². The molecule has 2 aromatic carbocycles. The van der Waals surface area contributed by atoms with Gasteiger partial charge in [-0.1, -0.05) is 23.7 Å². The lowest BCUT2D eigenvalue weighted by Crippen LogP contribution is -2.17. The van der Waals surface area contributed by atoms with Gasteiger partial charge in [0.05, 0.1) is 23.9 Å². The fourth-order valence-electron chi connectivity index (χ4n) is 1.89. The maximum absolute atomic E-state index is 12.9. The van der Waals surface area contributed by atoms with Gasteiger partial charge in [-0.3, -0.25) is 4.79 Å². The van der Waals surface area contributed by atoms with Crippen LogP contribution in [-0.2, 0) is 6.18 Å². The van der Waals surface area contributed by atoms with E-state index in [4.69, 9.17) is 16.3 Å². The number of ether oxygens (including phenoxy) is 1. The summed E-state index contributed by atoms with van der Waals surface area (Å²) in [5.41, 5.74) is -1.21. The number of halogens is 4. The van der Waals surface area contributed by atoms with Gasteiger partial charge in [0, 0.05) is 5.02 Å². The molecule has 7 heteroatoms. The Balaban J connectivity index is 2.37. The number of amides is 1. The van der Waals surface area contributed by atoms with Gasteiger partial charge in [0.25, 0.3) is 5.91 Å². The smallest absolute Gasteiger partial charge is 0.418 e. The van der Waals surface area contributed by atoms with Gasteiger partial charge in [0.1, 0.15) is 5.75 Å². The minimum atomic E-state index is -4.57. The Kier molecular flexibility index (Phi) is 4.61. The number of hydrogen-bond acceptors (Lipinski definition) is 2. The van der Waals surface area contributed by atoms with Gasteiger partial charge < -0.3 is 10.1 Å². The van der Waals surface area contributed by atoms with Crippen LogP contribution in [-0.4, -0.2) is 13.0 Å². The molecule has 2 aromatic rings. The fourth-order valence-corrected chi connectivity index (χ4v) is 2.06. The lowest BCUT2D eigenvalue weighted by molar-refractivity contribution is -0.136. The van der Waals surface area contributed by atoms with Crippen molar-refractivity contribution in [2.24, 2.45) is 0 Å². The van der Waals surface area contributed by atoms with Crippen molar-refractivity contribution < 1.29 is 22.7 Å². The van der Waals surface area contributed by atoms with Crippen molar-refractivity contribution in [1.82, 2.24) is 0 Å². The zero-order valence-corrected chi connectivity index (χ0v) is 12.1. The molecule has 0 atom stereocenters. The lowest BCUT2D eigenvalue weighted by atomic mass is 10.1. The second kappa shape index (κ2) is 6.27. The number of carbonyl (C=O) groups is 1. The predicted octanol–water partition coefficient (Wildman–Crippen LogP) is 4.62. The Morgan fingerprint density at radius 1 is 1.18 bits per heavy atom. The molecule has 0 aliphatic carbocycles. The Morgan fingerprint density at radius 2 is 1.86 bits per heavy atom. The zero-order chi connectivity index (χ0) is 16.3. The highest BCUT2D eigenvalue weighted by Gasteiger charge is 2.33. The molecule has 1 N–H and O–H groups in total. The number of hydrogen-bond donors (Lipinski definition) is 1. The molecule has 22 heavy (non-hydrogen) atoms. The van der Waals surface area contributed by atoms with Crippen LogP contribution in [0.1, 0.15) is 15.9 Å². The first-order valence-corrected chi connectivity index (χ1v) is 6.52. The van der Waals surface area contributed by atoms with Crippen molar-refractivity contribution in [1.29, 1.82) is 0 Å². The minimum Gasteiger partial charge on any atom is -0.496 e. The number of benzene rings is 2. The second-order valence-corrected chi connectivity index (χ2v) is 4.78. The van der Waals surface area contributed by atoms with Gasteiger partial charge in [0.15, 0.2) is 0 Å². The summed E-state index contributed by atoms with van der Waals surface area (Å²) in [6, 6.07) is 9.03. The van der Waals surface area contributed by atoms with Gasteiger partial charge in [-0.25, -0.2) is 0 Å². The second-order valence-electron chi connectivity index (χ2n) is 4.34. The maximum Gasteiger partial charge on any atom is 0.418 e. The maximum atomic E-state index is 12.9. The largest absolute Gasteiger partial charge is 0.496 e. The first kappa shape index (κ1) is 16.2. The highest BCUT2D eigenvalue weighted by atomic mass is 35.5. The van der Waals surface area contributed by atoms with Crippen LogP contribution in [0.3, 0.4) is 0 Å². The van der Waals surface area contributed by atoms with E-state index in [0.717, 1.165) is 6.07 Å². The van der Waals surface area contributed by atoms with Gasteiger partial charge in [0.2, 0.25) is 0 Å². The average molecular weight is 330 g/mol. The van der Waals surface area contributed by atoms with Crippen LogP contribution < -0.4 is 10.1 Å². The van der Waals surface area contributed by atoms with Crippen molar-refractivity contribution in [3.05, 3.63) is 58.6 Å². The predicted molar refractivity (Wildman–Crippen MR) is 77.4 cm³/mol. The third kappa shape index (κ3) is 3.51. The number of rotatable bonds is 3. The third-order valence-corrected chi connectivity index (χ3v) is 3.12. The molecule has 0 aliphatic rings. The first-order chi connectivity index (χ1) is 10.3. The van der Waals surface area contributed by atoms with E-state index in [-0.39, 0.29) is 22.0 Å². The van der Waals surface area contributed by atoms with E-state index in [0.29, 0.717) is 0 Å². The number of methoxy groups -OCH3 is 1. The fraction of sp³-hybridized carbons (Fsp3) is 0.133. The molecule has 3 nitrogen and oxygen atoms in total. The molecular formula is C15H11ClF3NO2. The van der Waals surface area contributed by atoms with E-state index in [1.165, 1.54) is 43.5 Å². The summed E-state index contributed by atoms with van der Waals surface area (Å²) in [5.74, 6) is -0.526. The topological polar surface area (TPSA) is 38.3 Å². The monoisotopic (exact) mass is 329 g/mol. The molecule has 0 bridgehead atoms. The molecule has 0 fully saturated rings. The van der Waals surface area contributed by atoms with E-state index < -0.39 is 17.6 Å². The molecule has 0 unspecified atom stereocenters. The van der Waals surface area contributed by atoms with E-state index >= 15 is 0 Å². The third-order valence-electron chi connectivity index (χ3n) is 2.89. The number of carbonyl (C=O) groups excluding carboxylic acids is 1. The Bertz CT molecular complexity index is 701. The lowest BCUT2D eigenvalue weighted by Gasteiger charge is -2.14. The molecule has 0 radical (unpaired) electrons. The van der Waals surface area contributed by atoms with Gasteiger partial charge in [-0.15, -0.1) is 0 Å². The van der Waals surface area contributed by atoms with Crippen molar-refractivity contribution in [3.63, 3.8) is 0 Å². The molecule has 0 spiro atoms. The van der Waals surface area contributed by atoms with Gasteiger partial charge in [-0.2, -0.15) is 13.2 Å². The average Bonchev–Trinajstić information content (AvgIpc) is 2.46. The summed E-state index contributed by atoms with van der Waals surface area (Å²) in [6.07, 6.45) is -4.57. The normalized spacial score (nSPS) is 11.1. The van der Waals surface area contributed by atoms with E-state index in [1.807, 2.05) is 0 Å². The van der Waals surface area contributed by atoms with Crippen molar-refractivity contribution in [2.75, 3.05) is 12.4 Å². The highest BCUT2D eigenvalue weighted by molar-refractivity contribution is 6.31. The molecule has 0 aromatic heterocycles. The molecule has 116 valence electrons. The van der Waals surface area contributed by atoms with E-state index in [1.54, 1.807) is 0 Å². The summed E-state index contributed by atoms with van der Waals surface area (Å²) in [5, 5.41) is 2.51. The molecule has 1 amide bonds. The van der Waals surface area contributed by atoms with E-state index in [9.17, 15) is 18.0 Å². The highest BCUT2D eigenvalue weighted by Crippen LogP contribution is 2.35. The summed E-state index contributed by atoms with van der Waals surface area (Å²) >= 11 is 5.81. The number of para-hydroxylation sites is 1. The van der Waals surface area contributed by atoms with Crippen LogP contribution in [0.4, 0.5) is 18.9 Å². The number of alkyl halides is 3. The van der Waals surface area contributed by atoms with Crippen molar-refractivity contribution in [2.45, 2.75) is 6.18 Å². The summed E-state index contributed by atoms with van der Waals surface area (Å²) < 4.78 is 43.8. The molecule has 0 heterocycles. The molecule has 0 saturated heterocycles. The van der Waals surface area contributed by atoms with Crippen molar-refractivity contribution >= 4 is 23.2 Å². The van der Waals surface area contributed by atoms with Crippen LogP contribution in [0, 0.1) is 0 Å². The number of anilines is 1. The minimum absolute atomic E-state index is 0.0481.